The maximum atomic E-state index is 12.9. The lowest BCUT2D eigenvalue weighted by Crippen LogP contribution is -2.24. The molecule has 1 aromatic heterocycles. The summed E-state index contributed by atoms with van der Waals surface area (Å²) in [5.74, 6) is 1.75. The van der Waals surface area contributed by atoms with E-state index in [1.54, 1.807) is 0 Å². The minimum atomic E-state index is -0.460. The van der Waals surface area contributed by atoms with Crippen molar-refractivity contribution in [2.75, 3.05) is 5.32 Å². The molecule has 0 amide bonds. The van der Waals surface area contributed by atoms with Crippen LogP contribution in [0, 0.1) is 17.8 Å². The molecule has 0 bridgehead atoms. The first kappa shape index (κ1) is 9.07. The Labute approximate surface area is 88.1 Å². The maximum absolute atomic E-state index is 12.9. The SMILES string of the molecule is Fc1cc(NC(C2CC2)C2CC2)ncn1. The van der Waals surface area contributed by atoms with Gasteiger partial charge in [0, 0.05) is 12.1 Å². The Balaban J connectivity index is 1.71. The average molecular weight is 207 g/mol. The Morgan fingerprint density at radius 3 is 2.40 bits per heavy atom. The monoisotopic (exact) mass is 207 g/mol. The summed E-state index contributed by atoms with van der Waals surface area (Å²) in [5.41, 5.74) is 0. The smallest absolute Gasteiger partial charge is 0.217 e. The highest BCUT2D eigenvalue weighted by Gasteiger charge is 2.41. The molecule has 1 N–H and O–H groups in total. The summed E-state index contributed by atoms with van der Waals surface area (Å²) in [6.45, 7) is 0. The van der Waals surface area contributed by atoms with Crippen LogP contribution in [0.5, 0.6) is 0 Å². The van der Waals surface area contributed by atoms with Gasteiger partial charge in [-0.2, -0.15) is 4.39 Å². The van der Waals surface area contributed by atoms with Gasteiger partial charge < -0.3 is 5.32 Å². The van der Waals surface area contributed by atoms with Crippen molar-refractivity contribution in [3.05, 3.63) is 18.3 Å². The standard InChI is InChI=1S/C11H14FN3/c12-9-5-10(14-6-13-9)15-11(7-1-2-7)8-3-4-8/h5-8,11H,1-4H2,(H,13,14,15). The van der Waals surface area contributed by atoms with E-state index in [9.17, 15) is 4.39 Å². The van der Waals surface area contributed by atoms with Crippen molar-refractivity contribution in [2.45, 2.75) is 31.7 Å². The quantitative estimate of drug-likeness (QED) is 0.769. The van der Waals surface area contributed by atoms with Crippen molar-refractivity contribution in [1.82, 2.24) is 9.97 Å². The van der Waals surface area contributed by atoms with E-state index in [2.05, 4.69) is 15.3 Å². The minimum absolute atomic E-state index is 0.460. The van der Waals surface area contributed by atoms with Crippen molar-refractivity contribution in [2.24, 2.45) is 11.8 Å². The van der Waals surface area contributed by atoms with E-state index in [1.165, 1.54) is 38.1 Å². The molecule has 1 heterocycles. The van der Waals surface area contributed by atoms with Crippen LogP contribution in [-0.2, 0) is 0 Å². The van der Waals surface area contributed by atoms with Gasteiger partial charge in [0.15, 0.2) is 0 Å². The second-order valence-electron chi connectivity index (χ2n) is 4.57. The first-order valence-electron chi connectivity index (χ1n) is 5.57. The van der Waals surface area contributed by atoms with E-state index in [0.29, 0.717) is 11.9 Å². The number of rotatable bonds is 4. The van der Waals surface area contributed by atoms with E-state index in [-0.39, 0.29) is 0 Å². The van der Waals surface area contributed by atoms with Crippen LogP contribution in [0.1, 0.15) is 25.7 Å². The molecule has 3 rings (SSSR count). The first-order chi connectivity index (χ1) is 7.33. The second-order valence-corrected chi connectivity index (χ2v) is 4.57. The lowest BCUT2D eigenvalue weighted by Gasteiger charge is -2.17. The van der Waals surface area contributed by atoms with Crippen LogP contribution in [0.15, 0.2) is 12.4 Å². The summed E-state index contributed by atoms with van der Waals surface area (Å²) in [4.78, 5) is 7.49. The number of anilines is 1. The van der Waals surface area contributed by atoms with Crippen molar-refractivity contribution >= 4 is 5.82 Å². The van der Waals surface area contributed by atoms with E-state index < -0.39 is 5.95 Å². The number of aromatic nitrogens is 2. The second kappa shape index (κ2) is 3.43. The van der Waals surface area contributed by atoms with Gasteiger partial charge in [0.25, 0.3) is 0 Å². The average Bonchev–Trinajstić information content (AvgIpc) is 3.07. The third kappa shape index (κ3) is 2.08. The van der Waals surface area contributed by atoms with Crippen molar-refractivity contribution in [3.8, 4) is 0 Å². The molecule has 0 saturated heterocycles. The topological polar surface area (TPSA) is 37.8 Å². The predicted octanol–water partition coefficient (Wildman–Crippen LogP) is 2.22. The summed E-state index contributed by atoms with van der Waals surface area (Å²) in [5, 5.41) is 3.35. The van der Waals surface area contributed by atoms with E-state index >= 15 is 0 Å². The normalized spacial score (nSPS) is 20.7. The van der Waals surface area contributed by atoms with E-state index in [0.717, 1.165) is 11.8 Å². The van der Waals surface area contributed by atoms with Gasteiger partial charge in [0.2, 0.25) is 5.95 Å². The van der Waals surface area contributed by atoms with Crippen LogP contribution in [0.3, 0.4) is 0 Å². The molecule has 15 heavy (non-hydrogen) atoms. The molecule has 0 spiro atoms. The molecular formula is C11H14FN3. The zero-order chi connectivity index (χ0) is 10.3. The number of nitrogens with zero attached hydrogens (tertiary/aromatic N) is 2. The van der Waals surface area contributed by atoms with Gasteiger partial charge in [0.05, 0.1) is 0 Å². The minimum Gasteiger partial charge on any atom is -0.367 e. The molecule has 2 aliphatic carbocycles. The Morgan fingerprint density at radius 2 is 1.87 bits per heavy atom. The maximum Gasteiger partial charge on any atom is 0.217 e. The van der Waals surface area contributed by atoms with Gasteiger partial charge in [-0.05, 0) is 37.5 Å². The Hall–Kier alpha value is -1.19. The van der Waals surface area contributed by atoms with Gasteiger partial charge >= 0.3 is 0 Å². The van der Waals surface area contributed by atoms with Crippen LogP contribution < -0.4 is 5.32 Å². The zero-order valence-electron chi connectivity index (χ0n) is 8.49. The molecule has 80 valence electrons. The fourth-order valence-electron chi connectivity index (χ4n) is 2.11. The molecule has 1 aromatic rings. The summed E-state index contributed by atoms with van der Waals surface area (Å²) in [6.07, 6.45) is 6.50. The van der Waals surface area contributed by atoms with Gasteiger partial charge in [-0.25, -0.2) is 9.97 Å². The van der Waals surface area contributed by atoms with Crippen LogP contribution in [0.2, 0.25) is 0 Å². The fourth-order valence-corrected chi connectivity index (χ4v) is 2.11. The highest BCUT2D eigenvalue weighted by molar-refractivity contribution is 5.35. The molecule has 2 saturated carbocycles. The zero-order valence-corrected chi connectivity index (χ0v) is 8.49. The third-order valence-corrected chi connectivity index (χ3v) is 3.21. The largest absolute Gasteiger partial charge is 0.367 e. The lowest BCUT2D eigenvalue weighted by molar-refractivity contribution is 0.557. The first-order valence-corrected chi connectivity index (χ1v) is 5.57. The summed E-state index contributed by atoms with van der Waals surface area (Å²) >= 11 is 0. The van der Waals surface area contributed by atoms with Crippen molar-refractivity contribution < 1.29 is 4.39 Å². The number of nitrogens with one attached hydrogen (secondary N) is 1. The molecule has 0 unspecified atom stereocenters. The molecular weight excluding hydrogens is 193 g/mol. The van der Waals surface area contributed by atoms with Gasteiger partial charge in [-0.3, -0.25) is 0 Å². The van der Waals surface area contributed by atoms with Crippen LogP contribution >= 0.6 is 0 Å². The van der Waals surface area contributed by atoms with Crippen LogP contribution in [0.4, 0.5) is 10.2 Å². The van der Waals surface area contributed by atoms with E-state index in [4.69, 9.17) is 0 Å². The number of halogens is 1. The molecule has 3 nitrogen and oxygen atoms in total. The number of hydrogen-bond donors (Lipinski definition) is 1. The van der Waals surface area contributed by atoms with E-state index in [1.807, 2.05) is 0 Å². The van der Waals surface area contributed by atoms with Crippen LogP contribution in [0.25, 0.3) is 0 Å². The van der Waals surface area contributed by atoms with Gasteiger partial charge in [-0.15, -0.1) is 0 Å². The lowest BCUT2D eigenvalue weighted by atomic mass is 10.1. The third-order valence-electron chi connectivity index (χ3n) is 3.21. The molecule has 2 aliphatic rings. The summed E-state index contributed by atoms with van der Waals surface area (Å²) < 4.78 is 12.9. The highest BCUT2D eigenvalue weighted by Crippen LogP contribution is 2.45. The molecule has 0 aromatic carbocycles. The highest BCUT2D eigenvalue weighted by atomic mass is 19.1. The van der Waals surface area contributed by atoms with Crippen molar-refractivity contribution in [3.63, 3.8) is 0 Å². The molecule has 0 aliphatic heterocycles. The summed E-state index contributed by atoms with van der Waals surface area (Å²) in [7, 11) is 0. The van der Waals surface area contributed by atoms with Gasteiger partial charge in [-0.1, -0.05) is 0 Å². The molecule has 4 heteroatoms. The molecule has 2 fully saturated rings. The molecule has 0 atom stereocenters. The number of hydrogen-bond acceptors (Lipinski definition) is 3. The Kier molecular flexibility index (Phi) is 2.08. The predicted molar refractivity (Wildman–Crippen MR) is 54.8 cm³/mol. The van der Waals surface area contributed by atoms with Crippen LogP contribution in [-0.4, -0.2) is 16.0 Å². The van der Waals surface area contributed by atoms with Crippen molar-refractivity contribution in [1.29, 1.82) is 0 Å². The Bertz CT molecular complexity index is 349. The Morgan fingerprint density at radius 1 is 1.20 bits per heavy atom. The molecule has 0 radical (unpaired) electrons. The summed E-state index contributed by atoms with van der Waals surface area (Å²) in [6, 6.07) is 1.89. The fraction of sp³-hybridized carbons (Fsp3) is 0.636. The van der Waals surface area contributed by atoms with Gasteiger partial charge in [0.1, 0.15) is 12.1 Å².